The Labute approximate surface area is 166 Å². The molecular formula is C19H17Cl2N3OS. The smallest absolute Gasteiger partial charge is 0.226 e. The molecule has 3 aromatic rings. The third kappa shape index (κ3) is 4.55. The minimum absolute atomic E-state index is 0.000445. The van der Waals surface area contributed by atoms with Gasteiger partial charge in [0, 0.05) is 28.2 Å². The van der Waals surface area contributed by atoms with E-state index in [4.69, 9.17) is 23.2 Å². The van der Waals surface area contributed by atoms with E-state index in [0.717, 1.165) is 27.8 Å². The van der Waals surface area contributed by atoms with E-state index in [9.17, 15) is 4.79 Å². The second-order valence-corrected chi connectivity index (χ2v) is 7.69. The first-order valence-electron chi connectivity index (χ1n) is 8.01. The predicted molar refractivity (Wildman–Crippen MR) is 111 cm³/mol. The van der Waals surface area contributed by atoms with Crippen molar-refractivity contribution in [2.24, 2.45) is 5.92 Å². The maximum atomic E-state index is 11.7. The number of amides is 1. The van der Waals surface area contributed by atoms with E-state index in [-0.39, 0.29) is 11.8 Å². The molecule has 7 heteroatoms. The van der Waals surface area contributed by atoms with Crippen LogP contribution in [0.5, 0.6) is 0 Å². The van der Waals surface area contributed by atoms with Crippen LogP contribution in [0.4, 0.5) is 16.5 Å². The summed E-state index contributed by atoms with van der Waals surface area (Å²) in [6, 6.07) is 13.0. The van der Waals surface area contributed by atoms with Gasteiger partial charge < -0.3 is 10.6 Å². The largest absolute Gasteiger partial charge is 0.331 e. The number of hydrogen-bond donors (Lipinski definition) is 2. The highest BCUT2D eigenvalue weighted by Crippen LogP contribution is 2.30. The fourth-order valence-electron chi connectivity index (χ4n) is 2.17. The summed E-state index contributed by atoms with van der Waals surface area (Å²) in [6.07, 6.45) is 0. The Morgan fingerprint density at radius 3 is 2.38 bits per heavy atom. The fraction of sp³-hybridized carbons (Fsp3) is 0.158. The molecule has 0 aliphatic carbocycles. The van der Waals surface area contributed by atoms with Gasteiger partial charge in [-0.25, -0.2) is 4.98 Å². The van der Waals surface area contributed by atoms with Gasteiger partial charge in [0.1, 0.15) is 0 Å². The molecular weight excluding hydrogens is 389 g/mol. The van der Waals surface area contributed by atoms with Crippen molar-refractivity contribution in [2.75, 3.05) is 10.6 Å². The van der Waals surface area contributed by atoms with Gasteiger partial charge in [0.25, 0.3) is 0 Å². The molecule has 134 valence electrons. The number of thiazole rings is 1. The molecule has 0 aliphatic heterocycles. The molecule has 0 bridgehead atoms. The van der Waals surface area contributed by atoms with Crippen LogP contribution in [0.3, 0.4) is 0 Å². The minimum Gasteiger partial charge on any atom is -0.331 e. The molecule has 2 aromatic carbocycles. The van der Waals surface area contributed by atoms with E-state index in [2.05, 4.69) is 15.6 Å². The van der Waals surface area contributed by atoms with Crippen molar-refractivity contribution in [3.63, 3.8) is 0 Å². The van der Waals surface area contributed by atoms with Crippen molar-refractivity contribution in [1.29, 1.82) is 0 Å². The van der Waals surface area contributed by atoms with E-state index < -0.39 is 0 Å². The van der Waals surface area contributed by atoms with Gasteiger partial charge in [-0.1, -0.05) is 49.2 Å². The van der Waals surface area contributed by atoms with Crippen molar-refractivity contribution < 1.29 is 4.79 Å². The molecule has 1 amide bonds. The third-order valence-electron chi connectivity index (χ3n) is 3.65. The molecule has 0 saturated heterocycles. The van der Waals surface area contributed by atoms with Gasteiger partial charge >= 0.3 is 0 Å². The Hall–Kier alpha value is -2.08. The van der Waals surface area contributed by atoms with Crippen LogP contribution in [-0.2, 0) is 4.79 Å². The number of aromatic nitrogens is 1. The fourth-order valence-corrected chi connectivity index (χ4v) is 3.21. The highest BCUT2D eigenvalue weighted by molar-refractivity contribution is 7.14. The van der Waals surface area contributed by atoms with Gasteiger partial charge in [-0.3, -0.25) is 4.79 Å². The zero-order valence-corrected chi connectivity index (χ0v) is 16.5. The Morgan fingerprint density at radius 2 is 1.73 bits per heavy atom. The number of nitrogens with one attached hydrogen (secondary N) is 2. The molecule has 2 N–H and O–H groups in total. The number of rotatable bonds is 5. The average molecular weight is 406 g/mol. The summed E-state index contributed by atoms with van der Waals surface area (Å²) in [5.74, 6) is -0.0530. The zero-order valence-electron chi connectivity index (χ0n) is 14.2. The summed E-state index contributed by atoms with van der Waals surface area (Å²) in [4.78, 5) is 16.3. The Kier molecular flexibility index (Phi) is 5.81. The Morgan fingerprint density at radius 1 is 1.04 bits per heavy atom. The van der Waals surface area contributed by atoms with E-state index in [0.29, 0.717) is 10.0 Å². The van der Waals surface area contributed by atoms with E-state index >= 15 is 0 Å². The van der Waals surface area contributed by atoms with Crippen LogP contribution in [0, 0.1) is 5.92 Å². The molecule has 0 atom stereocenters. The first-order chi connectivity index (χ1) is 12.4. The number of carbonyl (C=O) groups excluding carboxylic acids is 1. The summed E-state index contributed by atoms with van der Waals surface area (Å²) in [6.45, 7) is 3.72. The first-order valence-corrected chi connectivity index (χ1v) is 9.65. The normalized spacial score (nSPS) is 10.8. The van der Waals surface area contributed by atoms with Crippen LogP contribution in [0.15, 0.2) is 47.8 Å². The number of nitrogens with zero attached hydrogens (tertiary/aromatic N) is 1. The number of carbonyl (C=O) groups is 1. The summed E-state index contributed by atoms with van der Waals surface area (Å²) < 4.78 is 0. The van der Waals surface area contributed by atoms with Gasteiger partial charge in [0.05, 0.1) is 15.7 Å². The monoisotopic (exact) mass is 405 g/mol. The van der Waals surface area contributed by atoms with Crippen LogP contribution in [0.25, 0.3) is 11.3 Å². The van der Waals surface area contributed by atoms with Gasteiger partial charge in [-0.15, -0.1) is 11.3 Å². The van der Waals surface area contributed by atoms with Gasteiger partial charge in [0.15, 0.2) is 5.13 Å². The summed E-state index contributed by atoms with van der Waals surface area (Å²) >= 11 is 13.5. The Bertz CT molecular complexity index is 923. The summed E-state index contributed by atoms with van der Waals surface area (Å²) in [7, 11) is 0. The SMILES string of the molecule is CC(C)C(=O)Nc1ccc(-c2csc(Nc3ccc(Cl)c(Cl)c3)n2)cc1. The van der Waals surface area contributed by atoms with Crippen molar-refractivity contribution in [2.45, 2.75) is 13.8 Å². The van der Waals surface area contributed by atoms with Crippen molar-refractivity contribution >= 4 is 57.0 Å². The maximum absolute atomic E-state index is 11.7. The molecule has 1 heterocycles. The number of halogens is 2. The molecule has 0 saturated carbocycles. The lowest BCUT2D eigenvalue weighted by Gasteiger charge is -2.08. The van der Waals surface area contributed by atoms with Crippen LogP contribution >= 0.6 is 34.5 Å². The van der Waals surface area contributed by atoms with Gasteiger partial charge in [-0.2, -0.15) is 0 Å². The second kappa shape index (κ2) is 8.08. The quantitative estimate of drug-likeness (QED) is 0.512. The van der Waals surface area contributed by atoms with Crippen molar-refractivity contribution in [3.8, 4) is 11.3 Å². The van der Waals surface area contributed by atoms with Crippen molar-refractivity contribution in [1.82, 2.24) is 4.98 Å². The molecule has 0 radical (unpaired) electrons. The highest BCUT2D eigenvalue weighted by Gasteiger charge is 2.09. The van der Waals surface area contributed by atoms with Crippen LogP contribution in [0.2, 0.25) is 10.0 Å². The first kappa shape index (κ1) is 18.7. The zero-order chi connectivity index (χ0) is 18.7. The van der Waals surface area contributed by atoms with Crippen LogP contribution < -0.4 is 10.6 Å². The van der Waals surface area contributed by atoms with Crippen LogP contribution in [-0.4, -0.2) is 10.9 Å². The topological polar surface area (TPSA) is 54.0 Å². The predicted octanol–water partition coefficient (Wildman–Crippen LogP) is 6.46. The lowest BCUT2D eigenvalue weighted by molar-refractivity contribution is -0.118. The molecule has 4 nitrogen and oxygen atoms in total. The minimum atomic E-state index is -0.0526. The van der Waals surface area contributed by atoms with E-state index in [1.54, 1.807) is 12.1 Å². The summed E-state index contributed by atoms with van der Waals surface area (Å²) in [5.41, 5.74) is 3.44. The molecule has 0 spiro atoms. The molecule has 0 unspecified atom stereocenters. The maximum Gasteiger partial charge on any atom is 0.226 e. The molecule has 26 heavy (non-hydrogen) atoms. The lowest BCUT2D eigenvalue weighted by atomic mass is 10.1. The van der Waals surface area contributed by atoms with Crippen LogP contribution in [0.1, 0.15) is 13.8 Å². The molecule has 0 aliphatic rings. The van der Waals surface area contributed by atoms with Crippen molar-refractivity contribution in [3.05, 3.63) is 57.9 Å². The second-order valence-electron chi connectivity index (χ2n) is 6.01. The van der Waals surface area contributed by atoms with Gasteiger partial charge in [0.2, 0.25) is 5.91 Å². The standard InChI is InChI=1S/C19H17Cl2N3OS/c1-11(2)18(25)22-13-5-3-12(4-6-13)17-10-26-19(24-17)23-14-7-8-15(20)16(21)9-14/h3-11H,1-2H3,(H,22,25)(H,23,24). The molecule has 3 rings (SSSR count). The number of hydrogen-bond acceptors (Lipinski definition) is 4. The highest BCUT2D eigenvalue weighted by atomic mass is 35.5. The third-order valence-corrected chi connectivity index (χ3v) is 5.14. The number of benzene rings is 2. The molecule has 1 aromatic heterocycles. The van der Waals surface area contributed by atoms with E-state index in [1.807, 2.05) is 49.6 Å². The van der Waals surface area contributed by atoms with Gasteiger partial charge in [-0.05, 0) is 30.3 Å². The summed E-state index contributed by atoms with van der Waals surface area (Å²) in [5, 5.41) is 9.84. The lowest BCUT2D eigenvalue weighted by Crippen LogP contribution is -2.17. The Balaban J connectivity index is 1.71. The average Bonchev–Trinajstić information content (AvgIpc) is 3.07. The number of anilines is 3. The molecule has 0 fully saturated rings. The van der Waals surface area contributed by atoms with E-state index in [1.165, 1.54) is 11.3 Å².